The van der Waals surface area contributed by atoms with Crippen molar-refractivity contribution in [2.24, 2.45) is 0 Å². The molecule has 1 aromatic heterocycles. The quantitative estimate of drug-likeness (QED) is 0.565. The van der Waals surface area contributed by atoms with Crippen molar-refractivity contribution in [1.82, 2.24) is 13.6 Å². The van der Waals surface area contributed by atoms with Crippen LogP contribution >= 0.6 is 23.2 Å². The second-order valence-corrected chi connectivity index (χ2v) is 11.4. The normalized spacial score (nSPS) is 16.7. The average molecular weight is 486 g/mol. The number of rotatable bonds is 4. The minimum absolute atomic E-state index is 0.00258. The summed E-state index contributed by atoms with van der Waals surface area (Å²) in [6, 6.07) is 12.7. The molecule has 0 bridgehead atoms. The number of aromatic nitrogens is 1. The van der Waals surface area contributed by atoms with E-state index < -0.39 is 20.0 Å². The highest BCUT2D eigenvalue weighted by Crippen LogP contribution is 2.30. The maximum atomic E-state index is 13.2. The fraction of sp³-hybridized carbons (Fsp3) is 0.211. The van der Waals surface area contributed by atoms with Crippen molar-refractivity contribution in [2.75, 3.05) is 26.2 Å². The van der Waals surface area contributed by atoms with Gasteiger partial charge < -0.3 is 0 Å². The van der Waals surface area contributed by atoms with Gasteiger partial charge in [0.25, 0.3) is 0 Å². The molecule has 11 heteroatoms. The third-order valence-electron chi connectivity index (χ3n) is 4.92. The summed E-state index contributed by atoms with van der Waals surface area (Å²) >= 11 is 12.0. The monoisotopic (exact) mass is 485 g/mol. The van der Waals surface area contributed by atoms with E-state index in [4.69, 9.17) is 23.2 Å². The van der Waals surface area contributed by atoms with Gasteiger partial charge in [0.1, 0.15) is 9.79 Å². The van der Waals surface area contributed by atoms with Crippen molar-refractivity contribution >= 4 is 54.2 Å². The highest BCUT2D eigenvalue weighted by atomic mass is 35.5. The zero-order valence-electron chi connectivity index (χ0n) is 15.6. The van der Waals surface area contributed by atoms with Crippen LogP contribution in [-0.4, -0.2) is 56.6 Å². The molecule has 1 aliphatic rings. The number of para-hydroxylation sites is 1. The Balaban J connectivity index is 1.59. The van der Waals surface area contributed by atoms with Gasteiger partial charge in [0, 0.05) is 42.8 Å². The van der Waals surface area contributed by atoms with Crippen LogP contribution in [0.2, 0.25) is 10.0 Å². The van der Waals surface area contributed by atoms with Gasteiger partial charge >= 0.3 is 0 Å². The Morgan fingerprint density at radius 3 is 2.03 bits per heavy atom. The van der Waals surface area contributed by atoms with Gasteiger partial charge in [-0.1, -0.05) is 41.4 Å². The highest BCUT2D eigenvalue weighted by Gasteiger charge is 2.35. The molecule has 0 spiro atoms. The maximum Gasteiger partial charge on any atom is 0.245 e. The van der Waals surface area contributed by atoms with E-state index >= 15 is 0 Å². The summed E-state index contributed by atoms with van der Waals surface area (Å²) in [5, 5.41) is 1.04. The lowest BCUT2D eigenvalue weighted by Crippen LogP contribution is -2.50. The minimum Gasteiger partial charge on any atom is -0.255 e. The maximum absolute atomic E-state index is 13.2. The zero-order chi connectivity index (χ0) is 21.5. The van der Waals surface area contributed by atoms with Gasteiger partial charge in [0.05, 0.1) is 10.5 Å². The van der Waals surface area contributed by atoms with Gasteiger partial charge in [-0.3, -0.25) is 4.98 Å². The fourth-order valence-electron chi connectivity index (χ4n) is 3.39. The summed E-state index contributed by atoms with van der Waals surface area (Å²) in [5.41, 5.74) is 0.390. The van der Waals surface area contributed by atoms with Gasteiger partial charge in [-0.15, -0.1) is 0 Å². The largest absolute Gasteiger partial charge is 0.255 e. The lowest BCUT2D eigenvalue weighted by molar-refractivity contribution is 0.273. The molecule has 7 nitrogen and oxygen atoms in total. The highest BCUT2D eigenvalue weighted by molar-refractivity contribution is 7.89. The first kappa shape index (κ1) is 21.5. The van der Waals surface area contributed by atoms with E-state index in [0.717, 1.165) is 5.39 Å². The molecule has 30 heavy (non-hydrogen) atoms. The summed E-state index contributed by atoms with van der Waals surface area (Å²) < 4.78 is 54.8. The standard InChI is InChI=1S/C19H17Cl2N3O4S2/c20-15-6-7-16(21)18(13-15)30(27,28)24-11-9-23(10-12-24)29(25,26)17-5-1-3-14-4-2-8-22-19(14)17/h1-8,13H,9-12H2. The van der Waals surface area contributed by atoms with E-state index in [9.17, 15) is 16.8 Å². The van der Waals surface area contributed by atoms with Crippen LogP contribution in [0.3, 0.4) is 0 Å². The van der Waals surface area contributed by atoms with Crippen LogP contribution in [-0.2, 0) is 20.0 Å². The average Bonchev–Trinajstić information content (AvgIpc) is 2.75. The van der Waals surface area contributed by atoms with Crippen LogP contribution in [0.1, 0.15) is 0 Å². The lowest BCUT2D eigenvalue weighted by Gasteiger charge is -2.33. The summed E-state index contributed by atoms with van der Waals surface area (Å²) in [4.78, 5) is 4.23. The molecule has 1 aliphatic heterocycles. The van der Waals surface area contributed by atoms with E-state index in [1.54, 1.807) is 30.5 Å². The van der Waals surface area contributed by atoms with Crippen molar-refractivity contribution in [1.29, 1.82) is 0 Å². The predicted molar refractivity (Wildman–Crippen MR) is 116 cm³/mol. The Morgan fingerprint density at radius 1 is 0.767 bits per heavy atom. The second kappa shape index (κ2) is 8.07. The Kier molecular flexibility index (Phi) is 5.78. The molecule has 0 aliphatic carbocycles. The summed E-state index contributed by atoms with van der Waals surface area (Å²) in [5.74, 6) is 0. The lowest BCUT2D eigenvalue weighted by atomic mass is 10.2. The molecule has 3 aromatic rings. The minimum atomic E-state index is -3.90. The molecule has 1 fully saturated rings. The number of hydrogen-bond donors (Lipinski definition) is 0. The third kappa shape index (κ3) is 3.81. The SMILES string of the molecule is O=S(=O)(c1cc(Cl)ccc1Cl)N1CCN(S(=O)(=O)c2cccc3cccnc23)CC1. The predicted octanol–water partition coefficient (Wildman–Crippen LogP) is 3.24. The summed E-state index contributed by atoms with van der Waals surface area (Å²) in [6.45, 7) is 0.0388. The number of sulfonamides is 2. The number of benzene rings is 2. The number of hydrogen-bond acceptors (Lipinski definition) is 5. The molecular formula is C19H17Cl2N3O4S2. The number of fused-ring (bicyclic) bond motifs is 1. The van der Waals surface area contributed by atoms with Crippen molar-refractivity contribution in [2.45, 2.75) is 9.79 Å². The van der Waals surface area contributed by atoms with E-state index in [2.05, 4.69) is 4.98 Å². The van der Waals surface area contributed by atoms with Gasteiger partial charge in [-0.25, -0.2) is 16.8 Å². The first-order valence-corrected chi connectivity index (χ1v) is 12.6. The molecule has 0 amide bonds. The fourth-order valence-corrected chi connectivity index (χ4v) is 7.13. The number of pyridine rings is 1. The number of piperazine rings is 1. The van der Waals surface area contributed by atoms with Crippen LogP contribution in [0.4, 0.5) is 0 Å². The third-order valence-corrected chi connectivity index (χ3v) is 9.47. The van der Waals surface area contributed by atoms with E-state index in [-0.39, 0.29) is 46.0 Å². The Labute approximate surface area is 184 Å². The van der Waals surface area contributed by atoms with E-state index in [0.29, 0.717) is 5.52 Å². The molecule has 158 valence electrons. The Bertz CT molecular complexity index is 1320. The van der Waals surface area contributed by atoms with Gasteiger partial charge in [0.15, 0.2) is 0 Å². The molecule has 2 aromatic carbocycles. The van der Waals surface area contributed by atoms with Gasteiger partial charge in [0.2, 0.25) is 20.0 Å². The zero-order valence-corrected chi connectivity index (χ0v) is 18.7. The van der Waals surface area contributed by atoms with Crippen LogP contribution in [0.15, 0.2) is 64.5 Å². The van der Waals surface area contributed by atoms with Crippen LogP contribution < -0.4 is 0 Å². The van der Waals surface area contributed by atoms with Crippen LogP contribution in [0.25, 0.3) is 10.9 Å². The van der Waals surface area contributed by atoms with Crippen molar-refractivity contribution in [3.05, 3.63) is 64.8 Å². The van der Waals surface area contributed by atoms with Crippen LogP contribution in [0.5, 0.6) is 0 Å². The smallest absolute Gasteiger partial charge is 0.245 e. The van der Waals surface area contributed by atoms with Crippen molar-refractivity contribution in [3.8, 4) is 0 Å². The van der Waals surface area contributed by atoms with E-state index in [1.165, 1.54) is 32.9 Å². The number of halogens is 2. The first-order chi connectivity index (χ1) is 14.2. The van der Waals surface area contributed by atoms with Gasteiger partial charge in [-0.05, 0) is 30.3 Å². The molecule has 4 rings (SSSR count). The first-order valence-electron chi connectivity index (χ1n) is 9.00. The molecule has 0 N–H and O–H groups in total. The van der Waals surface area contributed by atoms with Crippen molar-refractivity contribution < 1.29 is 16.8 Å². The summed E-state index contributed by atoms with van der Waals surface area (Å²) in [6.07, 6.45) is 1.54. The Morgan fingerprint density at radius 2 is 1.37 bits per heavy atom. The molecule has 2 heterocycles. The summed E-state index contributed by atoms with van der Waals surface area (Å²) in [7, 11) is -7.74. The molecule has 0 saturated carbocycles. The van der Waals surface area contributed by atoms with Gasteiger partial charge in [-0.2, -0.15) is 8.61 Å². The van der Waals surface area contributed by atoms with E-state index in [1.807, 2.05) is 0 Å². The molecular weight excluding hydrogens is 469 g/mol. The van der Waals surface area contributed by atoms with Crippen LogP contribution in [0, 0.1) is 0 Å². The molecule has 0 unspecified atom stereocenters. The number of nitrogens with zero attached hydrogens (tertiary/aromatic N) is 3. The molecule has 0 radical (unpaired) electrons. The second-order valence-electron chi connectivity index (χ2n) is 6.71. The van der Waals surface area contributed by atoms with Crippen molar-refractivity contribution in [3.63, 3.8) is 0 Å². The molecule has 0 atom stereocenters. The topological polar surface area (TPSA) is 87.7 Å². The molecule has 1 saturated heterocycles. The Hall–Kier alpha value is -1.75.